The molecule has 3 aliphatic heterocycles. The van der Waals surface area contributed by atoms with Gasteiger partial charge in [-0.05, 0) is 0 Å². The van der Waals surface area contributed by atoms with Crippen LogP contribution in [0.5, 0.6) is 0 Å². The monoisotopic (exact) mass is 584 g/mol. The van der Waals surface area contributed by atoms with E-state index in [0.29, 0.717) is 0 Å². The van der Waals surface area contributed by atoms with Gasteiger partial charge in [0.15, 0.2) is 18.9 Å². The van der Waals surface area contributed by atoms with Crippen molar-refractivity contribution in [3.05, 3.63) is 0 Å². The highest BCUT2D eigenvalue weighted by atomic mass is 32.3. The molecule has 0 aromatic rings. The zero-order valence-corrected chi connectivity index (χ0v) is 20.2. The topological polar surface area (TPSA) is 312 Å². The average Bonchev–Trinajstić information content (AvgIpc) is 2.86. The Bertz CT molecular complexity index is 861. The van der Waals surface area contributed by atoms with Crippen molar-refractivity contribution in [2.45, 2.75) is 92.1 Å². The van der Waals surface area contributed by atoms with Crippen molar-refractivity contribution in [2.24, 2.45) is 0 Å². The van der Waals surface area contributed by atoms with Crippen molar-refractivity contribution < 1.29 is 91.9 Å². The second kappa shape index (κ2) is 12.8. The molecular formula is C18H32O19S. The van der Waals surface area contributed by atoms with E-state index in [4.69, 9.17) is 33.3 Å². The highest BCUT2D eigenvalue weighted by Crippen LogP contribution is 2.30. The predicted octanol–water partition coefficient (Wildman–Crippen LogP) is -7.75. The maximum atomic E-state index is 11.1. The number of hydrogen-bond donors (Lipinski definition) is 11. The van der Waals surface area contributed by atoms with Crippen molar-refractivity contribution >= 4 is 10.4 Å². The van der Waals surface area contributed by atoms with Crippen LogP contribution in [0, 0.1) is 0 Å². The van der Waals surface area contributed by atoms with Gasteiger partial charge in [0, 0.05) is 0 Å². The maximum absolute atomic E-state index is 11.1. The van der Waals surface area contributed by atoms with Gasteiger partial charge in [-0.1, -0.05) is 0 Å². The third-order valence-electron chi connectivity index (χ3n) is 6.28. The minimum atomic E-state index is -5.18. The van der Waals surface area contributed by atoms with Gasteiger partial charge in [-0.15, -0.1) is 0 Å². The molecule has 0 bridgehead atoms. The number of rotatable bonds is 9. The smallest absolute Gasteiger partial charge is 0.394 e. The predicted molar refractivity (Wildman–Crippen MR) is 112 cm³/mol. The van der Waals surface area contributed by atoms with Gasteiger partial charge in [0.2, 0.25) is 0 Å². The van der Waals surface area contributed by atoms with E-state index in [9.17, 15) is 54.4 Å². The summed E-state index contributed by atoms with van der Waals surface area (Å²) < 4.78 is 61.3. The molecule has 38 heavy (non-hydrogen) atoms. The van der Waals surface area contributed by atoms with E-state index in [2.05, 4.69) is 4.18 Å². The summed E-state index contributed by atoms with van der Waals surface area (Å²) in [5.41, 5.74) is 0. The molecule has 3 heterocycles. The first-order valence-corrected chi connectivity index (χ1v) is 12.6. The molecule has 0 unspecified atom stereocenters. The zero-order valence-electron chi connectivity index (χ0n) is 19.4. The fourth-order valence-electron chi connectivity index (χ4n) is 4.17. The van der Waals surface area contributed by atoms with E-state index in [0.717, 1.165) is 0 Å². The molecule has 20 heteroatoms. The molecule has 0 aromatic heterocycles. The van der Waals surface area contributed by atoms with Gasteiger partial charge >= 0.3 is 10.4 Å². The highest BCUT2D eigenvalue weighted by Gasteiger charge is 2.52. The lowest BCUT2D eigenvalue weighted by Crippen LogP contribution is -2.65. The SMILES string of the molecule is O=S(=O)(O)O[C@H]1[C@@H](O)[C@@H](CO)O[C@@H](OC[C@H]2O[C@H](O[C@@H]3[C@@H](O)[C@H](O)[C@@H](CO)O[C@@H]3O)[C@@H](O)[C@@H](O)[C@@H]2O)[C@@H]1O. The number of aliphatic hydroxyl groups excluding tert-OH is 10. The van der Waals surface area contributed by atoms with Crippen molar-refractivity contribution in [1.82, 2.24) is 0 Å². The summed E-state index contributed by atoms with van der Waals surface area (Å²) in [4.78, 5) is 0. The lowest BCUT2D eigenvalue weighted by atomic mass is 9.97. The zero-order chi connectivity index (χ0) is 28.5. The van der Waals surface area contributed by atoms with Gasteiger partial charge in [-0.3, -0.25) is 4.55 Å². The normalized spacial score (nSPS) is 48.7. The number of aliphatic hydroxyl groups is 10. The Morgan fingerprint density at radius 1 is 0.605 bits per heavy atom. The van der Waals surface area contributed by atoms with Crippen LogP contribution in [0.2, 0.25) is 0 Å². The Morgan fingerprint density at radius 2 is 1.16 bits per heavy atom. The van der Waals surface area contributed by atoms with Crippen LogP contribution in [-0.4, -0.2) is 176 Å². The summed E-state index contributed by atoms with van der Waals surface area (Å²) in [7, 11) is -5.18. The quantitative estimate of drug-likeness (QED) is 0.112. The number of hydrogen-bond acceptors (Lipinski definition) is 18. The van der Waals surface area contributed by atoms with Crippen LogP contribution >= 0.6 is 0 Å². The molecule has 3 rings (SSSR count). The van der Waals surface area contributed by atoms with Gasteiger partial charge in [-0.25, -0.2) is 4.18 Å². The molecule has 3 aliphatic rings. The maximum Gasteiger partial charge on any atom is 0.397 e. The van der Waals surface area contributed by atoms with E-state index in [-0.39, 0.29) is 0 Å². The Balaban J connectivity index is 1.69. The Labute approximate surface area is 214 Å². The largest absolute Gasteiger partial charge is 0.397 e. The molecular weight excluding hydrogens is 552 g/mol. The first-order chi connectivity index (χ1) is 17.7. The first kappa shape index (κ1) is 31.8. The second-order valence-corrected chi connectivity index (χ2v) is 9.92. The first-order valence-electron chi connectivity index (χ1n) is 11.3. The van der Waals surface area contributed by atoms with Crippen molar-refractivity contribution in [2.75, 3.05) is 19.8 Å². The van der Waals surface area contributed by atoms with Gasteiger partial charge in [0.25, 0.3) is 0 Å². The summed E-state index contributed by atoms with van der Waals surface area (Å²) in [6.07, 6.45) is -27.3. The van der Waals surface area contributed by atoms with Crippen LogP contribution < -0.4 is 0 Å². The van der Waals surface area contributed by atoms with E-state index in [1.54, 1.807) is 0 Å². The third-order valence-corrected chi connectivity index (χ3v) is 6.75. The Morgan fingerprint density at radius 3 is 1.74 bits per heavy atom. The van der Waals surface area contributed by atoms with Crippen LogP contribution in [0.1, 0.15) is 0 Å². The molecule has 0 amide bonds. The van der Waals surface area contributed by atoms with E-state index >= 15 is 0 Å². The third kappa shape index (κ3) is 6.94. The van der Waals surface area contributed by atoms with Crippen LogP contribution in [-0.2, 0) is 38.3 Å². The van der Waals surface area contributed by atoms with Gasteiger partial charge in [-0.2, -0.15) is 8.42 Å². The summed E-state index contributed by atoms with van der Waals surface area (Å²) in [5, 5.41) is 100. The summed E-state index contributed by atoms with van der Waals surface area (Å²) >= 11 is 0. The lowest BCUT2D eigenvalue weighted by Gasteiger charge is -2.45. The van der Waals surface area contributed by atoms with Crippen molar-refractivity contribution in [3.63, 3.8) is 0 Å². The van der Waals surface area contributed by atoms with Crippen LogP contribution in [0.25, 0.3) is 0 Å². The van der Waals surface area contributed by atoms with Gasteiger partial charge in [0.1, 0.15) is 73.2 Å². The molecule has 11 N–H and O–H groups in total. The van der Waals surface area contributed by atoms with E-state index in [1.165, 1.54) is 0 Å². The van der Waals surface area contributed by atoms with Gasteiger partial charge in [0.05, 0.1) is 19.8 Å². The summed E-state index contributed by atoms with van der Waals surface area (Å²) in [6, 6.07) is 0. The minimum absolute atomic E-state index is 0.756. The average molecular weight is 585 g/mol. The Kier molecular flexibility index (Phi) is 10.7. The van der Waals surface area contributed by atoms with Crippen molar-refractivity contribution in [3.8, 4) is 0 Å². The molecule has 3 saturated heterocycles. The van der Waals surface area contributed by atoms with Gasteiger partial charge < -0.3 is 74.7 Å². The minimum Gasteiger partial charge on any atom is -0.394 e. The lowest BCUT2D eigenvalue weighted by molar-refractivity contribution is -0.367. The molecule has 224 valence electrons. The summed E-state index contributed by atoms with van der Waals surface area (Å²) in [5.74, 6) is 0. The molecule has 0 spiro atoms. The standard InChI is InChI=1S/C18H32O19S/c19-1-4-7(21)11(25)15(16(28)33-4)36-18-12(26)10(24)8(22)6(35-18)3-32-17-13(27)14(37-38(29,30)31)9(23)5(2-20)34-17/h4-28H,1-3H2,(H,29,30,31)/t4-,5-,6-,7-,8-,9+,10+,11+,12+,13-,14+,15-,16+,17-,18-/m1/s1. The highest BCUT2D eigenvalue weighted by molar-refractivity contribution is 7.80. The molecule has 0 radical (unpaired) electrons. The molecule has 3 fully saturated rings. The van der Waals surface area contributed by atoms with E-state index in [1.807, 2.05) is 0 Å². The second-order valence-electron chi connectivity index (χ2n) is 8.87. The Hall–Kier alpha value is -0.730. The van der Waals surface area contributed by atoms with E-state index < -0.39 is 122 Å². The molecule has 0 aromatic carbocycles. The summed E-state index contributed by atoms with van der Waals surface area (Å²) in [6.45, 7) is -2.44. The fourth-order valence-corrected chi connectivity index (χ4v) is 4.68. The molecule has 19 nitrogen and oxygen atoms in total. The van der Waals surface area contributed by atoms with Crippen LogP contribution in [0.4, 0.5) is 0 Å². The van der Waals surface area contributed by atoms with Crippen molar-refractivity contribution in [1.29, 1.82) is 0 Å². The van der Waals surface area contributed by atoms with Crippen LogP contribution in [0.3, 0.4) is 0 Å². The number of ether oxygens (including phenoxy) is 5. The molecule has 0 saturated carbocycles. The molecule has 15 atom stereocenters. The van der Waals surface area contributed by atoms with Crippen LogP contribution in [0.15, 0.2) is 0 Å². The fraction of sp³-hybridized carbons (Fsp3) is 1.00. The molecule has 0 aliphatic carbocycles.